The summed E-state index contributed by atoms with van der Waals surface area (Å²) in [6.07, 6.45) is 0. The number of esters is 1. The van der Waals surface area contributed by atoms with Crippen LogP contribution in [0.1, 0.15) is 20.7 Å². The van der Waals surface area contributed by atoms with Crippen LogP contribution in [0.4, 0.5) is 0 Å². The Morgan fingerprint density at radius 2 is 1.71 bits per heavy atom. The number of amides is 1. The van der Waals surface area contributed by atoms with Gasteiger partial charge in [0.25, 0.3) is 5.91 Å². The van der Waals surface area contributed by atoms with Crippen LogP contribution in [0.15, 0.2) is 40.9 Å². The minimum absolute atomic E-state index is 0.159. The van der Waals surface area contributed by atoms with E-state index >= 15 is 0 Å². The lowest BCUT2D eigenvalue weighted by Gasteiger charge is -2.13. The fraction of sp³-hybridized carbons (Fsp3) is 0.125. The van der Waals surface area contributed by atoms with Crippen molar-refractivity contribution >= 4 is 27.8 Å². The molecule has 0 aromatic heterocycles. The Balaban J connectivity index is 2.30. The molecule has 0 atom stereocenters. The van der Waals surface area contributed by atoms with Crippen molar-refractivity contribution < 1.29 is 23.8 Å². The monoisotopic (exact) mass is 394 g/mol. The fourth-order valence-corrected chi connectivity index (χ4v) is 2.43. The summed E-state index contributed by atoms with van der Waals surface area (Å²) in [4.78, 5) is 23.9. The number of hydrogen-bond acceptors (Lipinski definition) is 6. The van der Waals surface area contributed by atoms with Crippen molar-refractivity contribution in [3.05, 3.63) is 52.0 Å². The number of nitrogen functional groups attached to an aromatic ring is 1. The Morgan fingerprint density at radius 3 is 2.25 bits per heavy atom. The van der Waals surface area contributed by atoms with Gasteiger partial charge in [-0.2, -0.15) is 0 Å². The number of hydrogen-bond donors (Lipinski definition) is 2. The SMILES string of the molecule is COc1ccc(C(=O)Oc2c(Br)cc(C(=O)NN)cc2OC)cc1. The lowest BCUT2D eigenvalue weighted by atomic mass is 10.2. The quantitative estimate of drug-likeness (QED) is 0.265. The molecule has 126 valence electrons. The number of ether oxygens (including phenoxy) is 3. The Bertz CT molecular complexity index is 762. The minimum Gasteiger partial charge on any atom is -0.497 e. The normalized spacial score (nSPS) is 10.0. The van der Waals surface area contributed by atoms with Crippen molar-refractivity contribution in [2.24, 2.45) is 5.84 Å². The van der Waals surface area contributed by atoms with Crippen LogP contribution in [0.5, 0.6) is 17.2 Å². The minimum atomic E-state index is -0.576. The van der Waals surface area contributed by atoms with Crippen LogP contribution >= 0.6 is 15.9 Å². The van der Waals surface area contributed by atoms with Crippen LogP contribution < -0.4 is 25.5 Å². The third-order valence-electron chi connectivity index (χ3n) is 3.14. The van der Waals surface area contributed by atoms with Crippen LogP contribution in [0.3, 0.4) is 0 Å². The van der Waals surface area contributed by atoms with E-state index in [4.69, 9.17) is 20.1 Å². The molecule has 0 fully saturated rings. The smallest absolute Gasteiger partial charge is 0.343 e. The third-order valence-corrected chi connectivity index (χ3v) is 3.73. The summed E-state index contributed by atoms with van der Waals surface area (Å²) >= 11 is 3.26. The Labute approximate surface area is 146 Å². The molecule has 0 radical (unpaired) electrons. The van der Waals surface area contributed by atoms with Gasteiger partial charge in [-0.3, -0.25) is 10.2 Å². The Kier molecular flexibility index (Phi) is 5.78. The van der Waals surface area contributed by atoms with Crippen molar-refractivity contribution in [3.8, 4) is 17.2 Å². The molecule has 0 aliphatic carbocycles. The van der Waals surface area contributed by atoms with Crippen LogP contribution in [0, 0.1) is 0 Å². The summed E-state index contributed by atoms with van der Waals surface area (Å²) in [7, 11) is 2.94. The van der Waals surface area contributed by atoms with Crippen molar-refractivity contribution in [1.82, 2.24) is 5.43 Å². The van der Waals surface area contributed by atoms with Gasteiger partial charge in [0, 0.05) is 5.56 Å². The van der Waals surface area contributed by atoms with Gasteiger partial charge in [0.05, 0.1) is 24.3 Å². The summed E-state index contributed by atoms with van der Waals surface area (Å²) in [6.45, 7) is 0. The van der Waals surface area contributed by atoms with Crippen LogP contribution in [-0.4, -0.2) is 26.1 Å². The van der Waals surface area contributed by atoms with E-state index in [-0.39, 0.29) is 17.1 Å². The molecular weight excluding hydrogens is 380 g/mol. The number of nitrogens with one attached hydrogen (secondary N) is 1. The number of carbonyl (C=O) groups excluding carboxylic acids is 2. The first kappa shape index (κ1) is 17.8. The van der Waals surface area contributed by atoms with Crippen molar-refractivity contribution in [2.45, 2.75) is 0 Å². The molecule has 3 N–H and O–H groups in total. The molecule has 2 aromatic carbocycles. The molecule has 0 heterocycles. The largest absolute Gasteiger partial charge is 0.497 e. The van der Waals surface area contributed by atoms with E-state index in [1.807, 2.05) is 5.43 Å². The van der Waals surface area contributed by atoms with Gasteiger partial charge in [-0.25, -0.2) is 10.6 Å². The van der Waals surface area contributed by atoms with Gasteiger partial charge in [0.2, 0.25) is 0 Å². The van der Waals surface area contributed by atoms with Crippen molar-refractivity contribution in [3.63, 3.8) is 0 Å². The number of methoxy groups -OCH3 is 2. The highest BCUT2D eigenvalue weighted by molar-refractivity contribution is 9.10. The lowest BCUT2D eigenvalue weighted by Crippen LogP contribution is -2.30. The number of halogens is 1. The average Bonchev–Trinajstić information content (AvgIpc) is 2.62. The molecule has 0 saturated carbocycles. The zero-order valence-corrected chi connectivity index (χ0v) is 14.5. The number of carbonyl (C=O) groups is 2. The molecule has 0 saturated heterocycles. The van der Waals surface area contributed by atoms with Crippen molar-refractivity contribution in [1.29, 1.82) is 0 Å². The topological polar surface area (TPSA) is 99.9 Å². The summed E-state index contributed by atoms with van der Waals surface area (Å²) in [5.74, 6) is 5.04. The van der Waals surface area contributed by atoms with Gasteiger partial charge in [-0.1, -0.05) is 0 Å². The first-order chi connectivity index (χ1) is 11.5. The van der Waals surface area contributed by atoms with E-state index in [0.29, 0.717) is 15.8 Å². The second-order valence-corrected chi connectivity index (χ2v) is 5.44. The predicted molar refractivity (Wildman–Crippen MR) is 90.3 cm³/mol. The molecule has 8 heteroatoms. The fourth-order valence-electron chi connectivity index (χ4n) is 1.91. The molecule has 7 nitrogen and oxygen atoms in total. The third kappa shape index (κ3) is 3.84. The highest BCUT2D eigenvalue weighted by atomic mass is 79.9. The Hall–Kier alpha value is -2.58. The van der Waals surface area contributed by atoms with Crippen LogP contribution in [0.25, 0.3) is 0 Å². The standard InChI is InChI=1S/C16H15BrN2O5/c1-22-11-5-3-9(4-6-11)16(21)24-14-12(17)7-10(15(20)19-18)8-13(14)23-2/h3-8H,18H2,1-2H3,(H,19,20). The number of nitrogens with two attached hydrogens (primary N) is 1. The summed E-state index contributed by atoms with van der Waals surface area (Å²) < 4.78 is 16.0. The summed E-state index contributed by atoms with van der Waals surface area (Å²) in [6, 6.07) is 9.36. The molecular formula is C16H15BrN2O5. The summed E-state index contributed by atoms with van der Waals surface area (Å²) in [5, 5.41) is 0. The lowest BCUT2D eigenvalue weighted by molar-refractivity contribution is 0.0728. The highest BCUT2D eigenvalue weighted by Crippen LogP contribution is 2.37. The molecule has 0 spiro atoms. The van der Waals surface area contributed by atoms with E-state index in [9.17, 15) is 9.59 Å². The van der Waals surface area contributed by atoms with E-state index < -0.39 is 11.9 Å². The van der Waals surface area contributed by atoms with E-state index in [1.165, 1.54) is 26.4 Å². The van der Waals surface area contributed by atoms with Gasteiger partial charge in [0.15, 0.2) is 11.5 Å². The zero-order valence-electron chi connectivity index (χ0n) is 13.0. The van der Waals surface area contributed by atoms with Crippen molar-refractivity contribution in [2.75, 3.05) is 14.2 Å². The summed E-state index contributed by atoms with van der Waals surface area (Å²) in [5.41, 5.74) is 2.62. The van der Waals surface area contributed by atoms with Gasteiger partial charge in [-0.05, 0) is 52.3 Å². The average molecular weight is 395 g/mol. The second-order valence-electron chi connectivity index (χ2n) is 4.58. The molecule has 1 amide bonds. The molecule has 0 aliphatic heterocycles. The molecule has 0 aliphatic rings. The maximum absolute atomic E-state index is 12.3. The second kappa shape index (κ2) is 7.80. The zero-order chi connectivity index (χ0) is 17.7. The molecule has 2 rings (SSSR count). The van der Waals surface area contributed by atoms with E-state index in [0.717, 1.165) is 0 Å². The van der Waals surface area contributed by atoms with Gasteiger partial charge in [-0.15, -0.1) is 0 Å². The predicted octanol–water partition coefficient (Wildman–Crippen LogP) is 2.29. The molecule has 0 bridgehead atoms. The first-order valence-corrected chi connectivity index (χ1v) is 7.54. The van der Waals surface area contributed by atoms with E-state index in [2.05, 4.69) is 15.9 Å². The maximum Gasteiger partial charge on any atom is 0.343 e. The highest BCUT2D eigenvalue weighted by Gasteiger charge is 2.19. The van der Waals surface area contributed by atoms with E-state index in [1.54, 1.807) is 24.3 Å². The maximum atomic E-state index is 12.3. The van der Waals surface area contributed by atoms with Gasteiger partial charge < -0.3 is 14.2 Å². The first-order valence-electron chi connectivity index (χ1n) is 6.74. The number of hydrazine groups is 1. The van der Waals surface area contributed by atoms with Gasteiger partial charge in [0.1, 0.15) is 5.75 Å². The number of benzene rings is 2. The molecule has 2 aromatic rings. The number of rotatable bonds is 5. The van der Waals surface area contributed by atoms with Gasteiger partial charge >= 0.3 is 5.97 Å². The molecule has 24 heavy (non-hydrogen) atoms. The van der Waals surface area contributed by atoms with Crippen LogP contribution in [0.2, 0.25) is 0 Å². The molecule has 0 unspecified atom stereocenters. The Morgan fingerprint density at radius 1 is 1.04 bits per heavy atom. The van der Waals surface area contributed by atoms with Crippen LogP contribution in [-0.2, 0) is 0 Å².